The molecule has 47 heavy (non-hydrogen) atoms. The highest BCUT2D eigenvalue weighted by atomic mass is 16.5. The minimum atomic E-state index is -0.286. The molecule has 0 amide bonds. The highest BCUT2D eigenvalue weighted by Gasteiger charge is 2.07. The van der Waals surface area contributed by atoms with Crippen LogP contribution in [0.15, 0.2) is 101 Å². The lowest BCUT2D eigenvalue weighted by Gasteiger charge is -2.12. The van der Waals surface area contributed by atoms with Gasteiger partial charge in [-0.15, -0.1) is 5.11 Å². The molecule has 0 aliphatic heterocycles. The Bertz CT molecular complexity index is 1610. The number of benzene rings is 4. The lowest BCUT2D eigenvalue weighted by Crippen LogP contribution is -2.05. The zero-order chi connectivity index (χ0) is 33.3. The number of azo groups is 1. The Kier molecular flexibility index (Phi) is 14.5. The van der Waals surface area contributed by atoms with Crippen LogP contribution in [0.4, 0.5) is 17.1 Å². The van der Waals surface area contributed by atoms with E-state index < -0.39 is 0 Å². The normalized spacial score (nSPS) is 11.2. The van der Waals surface area contributed by atoms with Crippen molar-refractivity contribution < 1.29 is 14.3 Å². The van der Waals surface area contributed by atoms with Crippen LogP contribution in [0.5, 0.6) is 5.75 Å². The first-order valence-corrected chi connectivity index (χ1v) is 17.3. The number of aryl methyl sites for hydroxylation is 2. The fourth-order valence-corrected chi connectivity index (χ4v) is 5.55. The van der Waals surface area contributed by atoms with Crippen molar-refractivity contribution in [3.8, 4) is 5.75 Å². The zero-order valence-electron chi connectivity index (χ0n) is 28.5. The fraction of sp³-hybridized carbons (Fsp3) is 0.390. The molecule has 4 aromatic carbocycles. The van der Waals surface area contributed by atoms with Gasteiger partial charge in [-0.3, -0.25) is 0 Å². The van der Waals surface area contributed by atoms with Gasteiger partial charge < -0.3 is 14.8 Å². The predicted molar refractivity (Wildman–Crippen MR) is 195 cm³/mol. The lowest BCUT2D eigenvalue weighted by molar-refractivity contribution is -0.139. The summed E-state index contributed by atoms with van der Waals surface area (Å²) in [6, 6.07) is 27.3. The minimum Gasteiger partial charge on any atom is -0.494 e. The summed E-state index contributed by atoms with van der Waals surface area (Å²) < 4.78 is 11.1. The summed E-state index contributed by atoms with van der Waals surface area (Å²) in [5, 5.41) is 15.1. The first kappa shape index (κ1) is 35.4. The number of esters is 1. The van der Waals surface area contributed by atoms with Gasteiger partial charge in [0.15, 0.2) is 0 Å². The molecular weight excluding hydrogens is 582 g/mol. The van der Waals surface area contributed by atoms with E-state index in [9.17, 15) is 4.79 Å². The Labute approximate surface area is 281 Å². The minimum absolute atomic E-state index is 0.286. The molecule has 0 saturated heterocycles. The summed E-state index contributed by atoms with van der Waals surface area (Å²) in [5.74, 6) is 0.627. The molecular formula is C41H51N3O3. The van der Waals surface area contributed by atoms with E-state index in [1.54, 1.807) is 6.92 Å². The van der Waals surface area contributed by atoms with Crippen molar-refractivity contribution in [3.05, 3.63) is 108 Å². The van der Waals surface area contributed by atoms with E-state index in [2.05, 4.69) is 103 Å². The average molecular weight is 634 g/mol. The van der Waals surface area contributed by atoms with Crippen LogP contribution in [0.1, 0.15) is 88.3 Å². The topological polar surface area (TPSA) is 72.3 Å². The molecule has 0 fully saturated rings. The quantitative estimate of drug-likeness (QED) is 0.0455. The lowest BCUT2D eigenvalue weighted by atomic mass is 10.1. The Morgan fingerprint density at radius 2 is 1.36 bits per heavy atom. The summed E-state index contributed by atoms with van der Waals surface area (Å²) in [7, 11) is 0. The van der Waals surface area contributed by atoms with Gasteiger partial charge in [-0.2, -0.15) is 5.11 Å². The number of anilines is 1. The van der Waals surface area contributed by atoms with Crippen LogP contribution in [0, 0.1) is 6.92 Å². The molecule has 4 rings (SSSR count). The molecule has 0 bridgehead atoms. The van der Waals surface area contributed by atoms with E-state index >= 15 is 0 Å². The smallest absolute Gasteiger partial charge is 0.333 e. The molecule has 6 nitrogen and oxygen atoms in total. The molecule has 4 aromatic rings. The van der Waals surface area contributed by atoms with Crippen molar-refractivity contribution in [1.29, 1.82) is 0 Å². The Hall–Kier alpha value is -4.45. The molecule has 248 valence electrons. The van der Waals surface area contributed by atoms with Crippen LogP contribution in [-0.2, 0) is 22.5 Å². The highest BCUT2D eigenvalue weighted by molar-refractivity contribution is 6.00. The Morgan fingerprint density at radius 3 is 2.04 bits per heavy atom. The summed E-state index contributed by atoms with van der Waals surface area (Å²) in [6.45, 7) is 11.5. The number of carbonyl (C=O) groups excluding carboxylic acids is 1. The standard InChI is InChI=1S/C41H51N3O3/c1-5-16-33-21-24-38(32(4)29-33)43-44-40-26-25-39(36-17-12-13-18-37(36)40)42-30-34-19-22-35(23-20-34)46-27-14-10-8-6-7-9-11-15-28-47-41(45)31(2)3/h12-13,17-26,29,42H,2,5-11,14-16,27-28,30H2,1,3-4H3/b44-43+. The highest BCUT2D eigenvalue weighted by Crippen LogP contribution is 2.34. The third-order valence-electron chi connectivity index (χ3n) is 8.26. The molecule has 0 heterocycles. The second-order valence-corrected chi connectivity index (χ2v) is 12.3. The average Bonchev–Trinajstić information content (AvgIpc) is 3.08. The van der Waals surface area contributed by atoms with E-state index in [4.69, 9.17) is 9.47 Å². The van der Waals surface area contributed by atoms with Gasteiger partial charge in [0, 0.05) is 28.6 Å². The maximum absolute atomic E-state index is 11.4. The van der Waals surface area contributed by atoms with E-state index in [1.807, 2.05) is 12.1 Å². The fourth-order valence-electron chi connectivity index (χ4n) is 5.55. The number of nitrogens with zero attached hydrogens (tertiary/aromatic N) is 2. The van der Waals surface area contributed by atoms with E-state index in [1.165, 1.54) is 43.2 Å². The number of hydrogen-bond acceptors (Lipinski definition) is 6. The molecule has 0 radical (unpaired) electrons. The molecule has 0 aliphatic carbocycles. The largest absolute Gasteiger partial charge is 0.494 e. The van der Waals surface area contributed by atoms with Crippen molar-refractivity contribution in [2.24, 2.45) is 10.2 Å². The summed E-state index contributed by atoms with van der Waals surface area (Å²) in [5.41, 5.74) is 6.99. The Balaban J connectivity index is 1.16. The van der Waals surface area contributed by atoms with Crippen LogP contribution in [-0.4, -0.2) is 19.2 Å². The van der Waals surface area contributed by atoms with Gasteiger partial charge in [-0.25, -0.2) is 4.79 Å². The second-order valence-electron chi connectivity index (χ2n) is 12.3. The summed E-state index contributed by atoms with van der Waals surface area (Å²) >= 11 is 0. The van der Waals surface area contributed by atoms with Crippen LogP contribution < -0.4 is 10.1 Å². The number of nitrogens with one attached hydrogen (secondary N) is 1. The molecule has 0 aromatic heterocycles. The van der Waals surface area contributed by atoms with Crippen LogP contribution in [0.25, 0.3) is 10.8 Å². The first-order chi connectivity index (χ1) is 22.9. The van der Waals surface area contributed by atoms with E-state index in [-0.39, 0.29) is 5.97 Å². The number of carbonyl (C=O) groups is 1. The molecule has 0 saturated carbocycles. The van der Waals surface area contributed by atoms with Gasteiger partial charge in [0.2, 0.25) is 0 Å². The monoisotopic (exact) mass is 633 g/mol. The maximum Gasteiger partial charge on any atom is 0.333 e. The number of hydrogen-bond donors (Lipinski definition) is 1. The molecule has 6 heteroatoms. The van der Waals surface area contributed by atoms with Crippen molar-refractivity contribution in [1.82, 2.24) is 0 Å². The van der Waals surface area contributed by atoms with Gasteiger partial charge in [0.05, 0.1) is 24.6 Å². The SMILES string of the molecule is C=C(C)C(=O)OCCCCCCCCCCOc1ccc(CNc2ccc(/N=N/c3ccc(CCC)cc3C)c3ccccc23)cc1. The molecule has 0 atom stereocenters. The molecule has 1 N–H and O–H groups in total. The summed E-state index contributed by atoms with van der Waals surface area (Å²) in [6.07, 6.45) is 11.4. The molecule has 0 unspecified atom stereocenters. The van der Waals surface area contributed by atoms with Crippen molar-refractivity contribution in [2.45, 2.75) is 91.5 Å². The van der Waals surface area contributed by atoms with Crippen molar-refractivity contribution in [3.63, 3.8) is 0 Å². The number of fused-ring (bicyclic) bond motifs is 1. The zero-order valence-corrected chi connectivity index (χ0v) is 28.5. The number of ether oxygens (including phenoxy) is 2. The predicted octanol–water partition coefficient (Wildman–Crippen LogP) is 11.7. The third-order valence-corrected chi connectivity index (χ3v) is 8.26. The van der Waals surface area contributed by atoms with Gasteiger partial charge in [0.25, 0.3) is 0 Å². The van der Waals surface area contributed by atoms with Crippen LogP contribution in [0.3, 0.4) is 0 Å². The van der Waals surface area contributed by atoms with Crippen molar-refractivity contribution in [2.75, 3.05) is 18.5 Å². The van der Waals surface area contributed by atoms with Gasteiger partial charge >= 0.3 is 5.97 Å². The van der Waals surface area contributed by atoms with Crippen LogP contribution in [0.2, 0.25) is 0 Å². The summed E-state index contributed by atoms with van der Waals surface area (Å²) in [4.78, 5) is 11.4. The molecule has 0 spiro atoms. The third kappa shape index (κ3) is 11.7. The van der Waals surface area contributed by atoms with E-state index in [0.29, 0.717) is 18.7 Å². The number of unbranched alkanes of at least 4 members (excludes halogenated alkanes) is 7. The maximum atomic E-state index is 11.4. The van der Waals surface area contributed by atoms with Gasteiger partial charge in [0.1, 0.15) is 5.75 Å². The van der Waals surface area contributed by atoms with Gasteiger partial charge in [-0.05, 0) is 80.1 Å². The van der Waals surface area contributed by atoms with Crippen molar-refractivity contribution >= 4 is 33.8 Å². The first-order valence-electron chi connectivity index (χ1n) is 17.3. The van der Waals surface area contributed by atoms with Gasteiger partial charge in [-0.1, -0.05) is 107 Å². The number of rotatable bonds is 20. The Morgan fingerprint density at radius 1 is 0.745 bits per heavy atom. The molecule has 0 aliphatic rings. The second kappa shape index (κ2) is 19.3. The van der Waals surface area contributed by atoms with E-state index in [0.717, 1.165) is 77.9 Å². The van der Waals surface area contributed by atoms with Crippen LogP contribution >= 0.6 is 0 Å².